The fourth-order valence-corrected chi connectivity index (χ4v) is 4.98. The Bertz CT molecular complexity index is 1120. The number of amidine groups is 1. The summed E-state index contributed by atoms with van der Waals surface area (Å²) in [6, 6.07) is 12.4. The predicted molar refractivity (Wildman–Crippen MR) is 147 cm³/mol. The average Bonchev–Trinajstić information content (AvgIpc) is 3.08. The highest BCUT2D eigenvalue weighted by molar-refractivity contribution is 8.18. The molecule has 0 N–H and O–H groups in total. The minimum atomic E-state index is -0.0210. The maximum Gasteiger partial charge on any atom is 0.266 e. The average molecular weight is 493 g/mol. The van der Waals surface area contributed by atoms with Gasteiger partial charge in [0, 0.05) is 17.6 Å². The summed E-state index contributed by atoms with van der Waals surface area (Å²) in [6.07, 6.45) is 4.40. The first-order chi connectivity index (χ1) is 16.7. The molecule has 0 aromatic heterocycles. The molecule has 2 aromatic rings. The van der Waals surface area contributed by atoms with E-state index < -0.39 is 0 Å². The van der Waals surface area contributed by atoms with Gasteiger partial charge in [0.25, 0.3) is 5.91 Å². The Labute approximate surface area is 213 Å². The molecule has 6 heteroatoms. The highest BCUT2D eigenvalue weighted by atomic mass is 32.2. The number of aliphatic imine (C=N–C) groups is 1. The standard InChI is InChI=1S/C29H36N2O3S/c1-8-10-24-15-23(17-26-28(32)31(20(5)6)29(35-26)30-19(3)4)16-25(33-9-2)27(24)34-18-22-13-11-21(7)12-14-22/h8,11-17,19-20H,1,9-10,18H2,2-7H3/b26-17+,30-29?. The second-order valence-corrected chi connectivity index (χ2v) is 10.1. The maximum absolute atomic E-state index is 13.2. The first kappa shape index (κ1) is 26.6. The van der Waals surface area contributed by atoms with Crippen LogP contribution in [0.2, 0.25) is 0 Å². The van der Waals surface area contributed by atoms with E-state index in [2.05, 4.69) is 42.8 Å². The summed E-state index contributed by atoms with van der Waals surface area (Å²) in [5.41, 5.74) is 4.16. The van der Waals surface area contributed by atoms with Gasteiger partial charge >= 0.3 is 0 Å². The van der Waals surface area contributed by atoms with Crippen LogP contribution in [0.1, 0.15) is 56.9 Å². The fourth-order valence-electron chi connectivity index (χ4n) is 3.74. The van der Waals surface area contributed by atoms with Crippen molar-refractivity contribution in [3.63, 3.8) is 0 Å². The van der Waals surface area contributed by atoms with Crippen molar-refractivity contribution >= 4 is 28.9 Å². The summed E-state index contributed by atoms with van der Waals surface area (Å²) in [7, 11) is 0. The molecule has 3 rings (SSSR count). The van der Waals surface area contributed by atoms with Crippen LogP contribution in [-0.2, 0) is 17.8 Å². The number of hydrogen-bond donors (Lipinski definition) is 0. The van der Waals surface area contributed by atoms with E-state index in [9.17, 15) is 4.79 Å². The molecule has 1 amide bonds. The van der Waals surface area contributed by atoms with E-state index in [4.69, 9.17) is 9.47 Å². The summed E-state index contributed by atoms with van der Waals surface area (Å²) in [5.74, 6) is 1.36. The molecule has 186 valence electrons. The molecule has 1 saturated heterocycles. The summed E-state index contributed by atoms with van der Waals surface area (Å²) in [4.78, 5) is 20.3. The van der Waals surface area contributed by atoms with Gasteiger partial charge in [-0.15, -0.1) is 6.58 Å². The number of amides is 1. The molecule has 1 heterocycles. The smallest absolute Gasteiger partial charge is 0.266 e. The van der Waals surface area contributed by atoms with Crippen molar-refractivity contribution in [3.8, 4) is 11.5 Å². The quantitative estimate of drug-likeness (QED) is 0.271. The number of rotatable bonds is 10. The third-order valence-electron chi connectivity index (χ3n) is 5.34. The van der Waals surface area contributed by atoms with Gasteiger partial charge in [0.05, 0.1) is 11.5 Å². The molecule has 0 bridgehead atoms. The Balaban J connectivity index is 1.98. The van der Waals surface area contributed by atoms with Crippen molar-refractivity contribution < 1.29 is 14.3 Å². The van der Waals surface area contributed by atoms with Crippen molar-refractivity contribution in [2.45, 2.75) is 66.7 Å². The van der Waals surface area contributed by atoms with Crippen molar-refractivity contribution in [1.29, 1.82) is 0 Å². The zero-order valence-corrected chi connectivity index (χ0v) is 22.4. The van der Waals surface area contributed by atoms with Gasteiger partial charge < -0.3 is 9.47 Å². The molecule has 0 radical (unpaired) electrons. The number of benzene rings is 2. The predicted octanol–water partition coefficient (Wildman–Crippen LogP) is 6.79. The highest BCUT2D eigenvalue weighted by Gasteiger charge is 2.35. The van der Waals surface area contributed by atoms with E-state index in [-0.39, 0.29) is 18.0 Å². The number of nitrogens with zero attached hydrogens (tertiary/aromatic N) is 2. The lowest BCUT2D eigenvalue weighted by molar-refractivity contribution is -0.123. The summed E-state index contributed by atoms with van der Waals surface area (Å²) in [5, 5.41) is 0.751. The molecule has 0 saturated carbocycles. The highest BCUT2D eigenvalue weighted by Crippen LogP contribution is 2.38. The lowest BCUT2D eigenvalue weighted by atomic mass is 10.0. The van der Waals surface area contributed by atoms with Gasteiger partial charge in [-0.1, -0.05) is 35.9 Å². The lowest BCUT2D eigenvalue weighted by Gasteiger charge is -2.20. The minimum absolute atomic E-state index is 0.0210. The van der Waals surface area contributed by atoms with Crippen LogP contribution in [0.15, 0.2) is 59.0 Å². The molecule has 1 fully saturated rings. The van der Waals surface area contributed by atoms with E-state index in [1.807, 2.05) is 58.9 Å². The van der Waals surface area contributed by atoms with Crippen LogP contribution in [0.5, 0.6) is 11.5 Å². The van der Waals surface area contributed by atoms with E-state index in [0.717, 1.165) is 21.9 Å². The maximum atomic E-state index is 13.2. The monoisotopic (exact) mass is 492 g/mol. The van der Waals surface area contributed by atoms with Gasteiger partial charge in [0.15, 0.2) is 16.7 Å². The van der Waals surface area contributed by atoms with Crippen LogP contribution in [-0.4, -0.2) is 34.7 Å². The van der Waals surface area contributed by atoms with Gasteiger partial charge in [0.2, 0.25) is 0 Å². The molecule has 0 unspecified atom stereocenters. The van der Waals surface area contributed by atoms with Crippen molar-refractivity contribution in [3.05, 3.63) is 76.2 Å². The van der Waals surface area contributed by atoms with Crippen LogP contribution in [0.3, 0.4) is 0 Å². The van der Waals surface area contributed by atoms with Crippen molar-refractivity contribution in [2.75, 3.05) is 6.61 Å². The topological polar surface area (TPSA) is 51.1 Å². The molecule has 0 atom stereocenters. The zero-order chi connectivity index (χ0) is 25.5. The van der Waals surface area contributed by atoms with Gasteiger partial charge in [-0.3, -0.25) is 14.7 Å². The van der Waals surface area contributed by atoms with Crippen molar-refractivity contribution in [2.24, 2.45) is 4.99 Å². The Kier molecular flexibility index (Phi) is 9.21. The number of carbonyl (C=O) groups excluding carboxylic acids is 1. The normalized spacial score (nSPS) is 16.1. The molecule has 2 aromatic carbocycles. The molecule has 1 aliphatic heterocycles. The third-order valence-corrected chi connectivity index (χ3v) is 6.34. The van der Waals surface area contributed by atoms with Gasteiger partial charge in [-0.25, -0.2) is 0 Å². The van der Waals surface area contributed by atoms with Gasteiger partial charge in [-0.2, -0.15) is 0 Å². The van der Waals surface area contributed by atoms with Gasteiger partial charge in [-0.05, 0) is 89.1 Å². The number of thioether (sulfide) groups is 1. The molecule has 0 aliphatic carbocycles. The van der Waals surface area contributed by atoms with Gasteiger partial charge in [0.1, 0.15) is 6.61 Å². The molecule has 1 aliphatic rings. The van der Waals surface area contributed by atoms with E-state index in [1.54, 1.807) is 4.90 Å². The molecular weight excluding hydrogens is 456 g/mol. The number of ether oxygens (including phenoxy) is 2. The van der Waals surface area contributed by atoms with Crippen LogP contribution in [0.25, 0.3) is 6.08 Å². The van der Waals surface area contributed by atoms with E-state index >= 15 is 0 Å². The van der Waals surface area contributed by atoms with E-state index in [1.165, 1.54) is 17.3 Å². The largest absolute Gasteiger partial charge is 0.490 e. The van der Waals surface area contributed by atoms with Crippen LogP contribution in [0, 0.1) is 6.92 Å². The number of aryl methyl sites for hydroxylation is 1. The Hall–Kier alpha value is -2.99. The Morgan fingerprint density at radius 3 is 2.43 bits per heavy atom. The molecule has 35 heavy (non-hydrogen) atoms. The Morgan fingerprint density at radius 1 is 1.11 bits per heavy atom. The van der Waals surface area contributed by atoms with Crippen molar-refractivity contribution in [1.82, 2.24) is 4.90 Å². The SMILES string of the molecule is C=CCc1cc(/C=C2/SC(=NC(C)C)N(C(C)C)C2=O)cc(OCC)c1OCc1ccc(C)cc1. The van der Waals surface area contributed by atoms with E-state index in [0.29, 0.717) is 36.0 Å². The summed E-state index contributed by atoms with van der Waals surface area (Å²) >= 11 is 1.42. The number of carbonyl (C=O) groups is 1. The van der Waals surface area contributed by atoms with Crippen LogP contribution < -0.4 is 9.47 Å². The first-order valence-corrected chi connectivity index (χ1v) is 12.9. The molecule has 5 nitrogen and oxygen atoms in total. The number of hydrogen-bond acceptors (Lipinski definition) is 5. The van der Waals surface area contributed by atoms with Crippen LogP contribution >= 0.6 is 11.8 Å². The third kappa shape index (κ3) is 6.79. The summed E-state index contributed by atoms with van der Waals surface area (Å²) < 4.78 is 12.2. The molecular formula is C29H36N2O3S. The fraction of sp³-hybridized carbons (Fsp3) is 0.379. The lowest BCUT2D eigenvalue weighted by Crippen LogP contribution is -2.35. The molecule has 0 spiro atoms. The first-order valence-electron chi connectivity index (χ1n) is 12.1. The second kappa shape index (κ2) is 12.1. The zero-order valence-electron chi connectivity index (χ0n) is 21.6. The summed E-state index contributed by atoms with van der Waals surface area (Å²) in [6.45, 7) is 16.9. The minimum Gasteiger partial charge on any atom is -0.490 e. The van der Waals surface area contributed by atoms with Crippen LogP contribution in [0.4, 0.5) is 0 Å². The Morgan fingerprint density at radius 2 is 1.83 bits per heavy atom. The second-order valence-electron chi connectivity index (χ2n) is 9.09. The number of allylic oxidation sites excluding steroid dienone is 1.